The topological polar surface area (TPSA) is 107 Å². The van der Waals surface area contributed by atoms with Crippen molar-refractivity contribution in [2.75, 3.05) is 32.1 Å². The van der Waals surface area contributed by atoms with Gasteiger partial charge in [0.15, 0.2) is 0 Å². The summed E-state index contributed by atoms with van der Waals surface area (Å²) in [6.07, 6.45) is 1.88. The van der Waals surface area contributed by atoms with Gasteiger partial charge in [0.2, 0.25) is 0 Å². The van der Waals surface area contributed by atoms with Crippen LogP contribution in [0.15, 0.2) is 18.2 Å². The van der Waals surface area contributed by atoms with Crippen LogP contribution in [0, 0.1) is 0 Å². The molecule has 0 bridgehead atoms. The predicted octanol–water partition coefficient (Wildman–Crippen LogP) is 0.521. The van der Waals surface area contributed by atoms with Gasteiger partial charge >= 0.3 is 16.2 Å². The van der Waals surface area contributed by atoms with Crippen molar-refractivity contribution in [3.05, 3.63) is 29.3 Å². The molecule has 0 aromatic heterocycles. The Labute approximate surface area is 134 Å². The maximum atomic E-state index is 12.3. The lowest BCUT2D eigenvalue weighted by atomic mass is 10.1. The Morgan fingerprint density at radius 2 is 1.83 bits per heavy atom. The number of carboxylic acid groups (broad SMARTS) is 1. The fourth-order valence-electron chi connectivity index (χ4n) is 2.34. The quantitative estimate of drug-likeness (QED) is 0.809. The molecule has 1 heterocycles. The summed E-state index contributed by atoms with van der Waals surface area (Å²) in [5.74, 6) is -1.88. The molecule has 0 atom stereocenters. The summed E-state index contributed by atoms with van der Waals surface area (Å²) in [4.78, 5) is 25.4. The van der Waals surface area contributed by atoms with E-state index in [4.69, 9.17) is 5.11 Å². The molecule has 1 aliphatic heterocycles. The molecule has 1 fully saturated rings. The summed E-state index contributed by atoms with van der Waals surface area (Å²) in [7, 11) is -1.29. The summed E-state index contributed by atoms with van der Waals surface area (Å²) in [5, 5.41) is 9.12. The highest BCUT2D eigenvalue weighted by Gasteiger charge is 2.24. The second kappa shape index (κ2) is 6.55. The van der Waals surface area contributed by atoms with Crippen molar-refractivity contribution in [3.8, 4) is 0 Å². The van der Waals surface area contributed by atoms with Crippen LogP contribution in [0.5, 0.6) is 0 Å². The molecule has 8 nitrogen and oxygen atoms in total. The predicted molar refractivity (Wildman–Crippen MR) is 84.9 cm³/mol. The number of amides is 1. The van der Waals surface area contributed by atoms with E-state index in [0.717, 1.165) is 17.1 Å². The molecule has 23 heavy (non-hydrogen) atoms. The molecule has 1 amide bonds. The van der Waals surface area contributed by atoms with Crippen LogP contribution in [0.2, 0.25) is 0 Å². The highest BCUT2D eigenvalue weighted by atomic mass is 32.2. The van der Waals surface area contributed by atoms with Crippen LogP contribution < -0.4 is 9.62 Å². The maximum Gasteiger partial charge on any atom is 0.335 e. The molecule has 1 saturated heterocycles. The van der Waals surface area contributed by atoms with Crippen molar-refractivity contribution >= 4 is 27.8 Å². The Hall–Kier alpha value is -2.13. The second-order valence-electron chi connectivity index (χ2n) is 5.45. The number of carbonyl (C=O) groups excluding carboxylic acids is 1. The fraction of sp³-hybridized carbons (Fsp3) is 0.429. The molecule has 0 spiro atoms. The van der Waals surface area contributed by atoms with Crippen LogP contribution >= 0.6 is 0 Å². The minimum absolute atomic E-state index is 0.0546. The van der Waals surface area contributed by atoms with Crippen LogP contribution in [-0.4, -0.2) is 56.9 Å². The van der Waals surface area contributed by atoms with Gasteiger partial charge < -0.3 is 10.0 Å². The molecule has 0 unspecified atom stereocenters. The summed E-state index contributed by atoms with van der Waals surface area (Å²) in [6, 6.07) is 4.04. The SMILES string of the molecule is CN(C)S(=O)(=O)NC(=O)c1ccc(C(=O)O)cc1N1CCCC1. The minimum atomic E-state index is -3.91. The van der Waals surface area contributed by atoms with Gasteiger partial charge in [0.25, 0.3) is 5.91 Å². The fourth-order valence-corrected chi connectivity index (χ4v) is 2.87. The number of benzene rings is 1. The highest BCUT2D eigenvalue weighted by Crippen LogP contribution is 2.26. The average molecular weight is 341 g/mol. The number of rotatable bonds is 5. The molecule has 9 heteroatoms. The first kappa shape index (κ1) is 17.2. The van der Waals surface area contributed by atoms with Gasteiger partial charge in [-0.15, -0.1) is 0 Å². The molecule has 0 saturated carbocycles. The number of carbonyl (C=O) groups is 2. The van der Waals surface area contributed by atoms with Crippen LogP contribution in [0.3, 0.4) is 0 Å². The Morgan fingerprint density at radius 1 is 1.22 bits per heavy atom. The summed E-state index contributed by atoms with van der Waals surface area (Å²) >= 11 is 0. The second-order valence-corrected chi connectivity index (χ2v) is 7.33. The van der Waals surface area contributed by atoms with E-state index < -0.39 is 22.1 Å². The lowest BCUT2D eigenvalue weighted by Crippen LogP contribution is -2.40. The molecule has 2 N–H and O–H groups in total. The zero-order valence-electron chi connectivity index (χ0n) is 12.9. The molecule has 0 radical (unpaired) electrons. The Bertz CT molecular complexity index is 724. The third-order valence-corrected chi connectivity index (χ3v) is 5.04. The van der Waals surface area contributed by atoms with Crippen molar-refractivity contribution in [2.24, 2.45) is 0 Å². The van der Waals surface area contributed by atoms with Crippen LogP contribution in [0.25, 0.3) is 0 Å². The van der Waals surface area contributed by atoms with Gasteiger partial charge in [0.1, 0.15) is 0 Å². The van der Waals surface area contributed by atoms with Gasteiger partial charge in [-0.25, -0.2) is 9.52 Å². The van der Waals surface area contributed by atoms with Gasteiger partial charge in [-0.3, -0.25) is 4.79 Å². The monoisotopic (exact) mass is 341 g/mol. The van der Waals surface area contributed by atoms with E-state index in [1.807, 2.05) is 9.62 Å². The normalized spacial score (nSPS) is 15.0. The van der Waals surface area contributed by atoms with E-state index in [0.29, 0.717) is 18.8 Å². The van der Waals surface area contributed by atoms with Gasteiger partial charge in [-0.2, -0.15) is 12.7 Å². The average Bonchev–Trinajstić information content (AvgIpc) is 2.99. The molecule has 2 rings (SSSR count). The van der Waals surface area contributed by atoms with Crippen molar-refractivity contribution in [2.45, 2.75) is 12.8 Å². The van der Waals surface area contributed by atoms with E-state index >= 15 is 0 Å². The molecule has 126 valence electrons. The van der Waals surface area contributed by atoms with Crippen LogP contribution in [0.4, 0.5) is 5.69 Å². The third kappa shape index (κ3) is 3.80. The van der Waals surface area contributed by atoms with E-state index in [9.17, 15) is 18.0 Å². The number of carboxylic acids is 1. The first-order valence-corrected chi connectivity index (χ1v) is 8.53. The largest absolute Gasteiger partial charge is 0.478 e. The lowest BCUT2D eigenvalue weighted by Gasteiger charge is -2.22. The van der Waals surface area contributed by atoms with Gasteiger partial charge in [0, 0.05) is 27.2 Å². The molecular formula is C14H19N3O5S. The van der Waals surface area contributed by atoms with E-state index in [2.05, 4.69) is 0 Å². The molecule has 1 aromatic carbocycles. The van der Waals surface area contributed by atoms with Crippen molar-refractivity contribution in [3.63, 3.8) is 0 Å². The van der Waals surface area contributed by atoms with Crippen LogP contribution in [0.1, 0.15) is 33.6 Å². The summed E-state index contributed by atoms with van der Waals surface area (Å²) in [5.41, 5.74) is 0.634. The number of nitrogens with zero attached hydrogens (tertiary/aromatic N) is 2. The Morgan fingerprint density at radius 3 is 2.35 bits per heavy atom. The molecule has 1 aliphatic rings. The minimum Gasteiger partial charge on any atom is -0.478 e. The first-order chi connectivity index (χ1) is 10.7. The Kier molecular flexibility index (Phi) is 4.90. The van der Waals surface area contributed by atoms with Crippen molar-refractivity contribution < 1.29 is 23.1 Å². The van der Waals surface area contributed by atoms with Crippen LogP contribution in [-0.2, 0) is 10.2 Å². The zero-order chi connectivity index (χ0) is 17.2. The first-order valence-electron chi connectivity index (χ1n) is 7.09. The van der Waals surface area contributed by atoms with Gasteiger partial charge in [0.05, 0.1) is 16.8 Å². The Balaban J connectivity index is 2.40. The summed E-state index contributed by atoms with van der Waals surface area (Å²) in [6.45, 7) is 1.40. The van der Waals surface area contributed by atoms with E-state index in [1.54, 1.807) is 0 Å². The van der Waals surface area contributed by atoms with Crippen molar-refractivity contribution in [1.29, 1.82) is 0 Å². The van der Waals surface area contributed by atoms with Crippen molar-refractivity contribution in [1.82, 2.24) is 9.03 Å². The molecular weight excluding hydrogens is 322 g/mol. The van der Waals surface area contributed by atoms with Gasteiger partial charge in [-0.05, 0) is 31.0 Å². The number of anilines is 1. The smallest absolute Gasteiger partial charge is 0.335 e. The maximum absolute atomic E-state index is 12.3. The van der Waals surface area contributed by atoms with E-state index in [1.165, 1.54) is 32.3 Å². The molecule has 1 aromatic rings. The standard InChI is InChI=1S/C14H19N3O5S/c1-16(2)23(21,22)15-13(18)11-6-5-10(14(19)20)9-12(11)17-7-3-4-8-17/h5-6,9H,3-4,7-8H2,1-2H3,(H,15,18)(H,19,20). The third-order valence-electron chi connectivity index (χ3n) is 3.64. The summed E-state index contributed by atoms with van der Waals surface area (Å²) < 4.78 is 26.5. The zero-order valence-corrected chi connectivity index (χ0v) is 13.8. The number of nitrogens with one attached hydrogen (secondary N) is 1. The van der Waals surface area contributed by atoms with E-state index in [-0.39, 0.29) is 11.1 Å². The van der Waals surface area contributed by atoms with Gasteiger partial charge in [-0.1, -0.05) is 0 Å². The number of aromatic carboxylic acids is 1. The molecule has 0 aliphatic carbocycles. The number of hydrogen-bond acceptors (Lipinski definition) is 5. The highest BCUT2D eigenvalue weighted by molar-refractivity contribution is 7.87. The number of hydrogen-bond donors (Lipinski definition) is 2. The lowest BCUT2D eigenvalue weighted by molar-refractivity contribution is 0.0696.